The maximum absolute atomic E-state index is 12.1. The second-order valence-electron chi connectivity index (χ2n) is 5.07. The van der Waals surface area contributed by atoms with E-state index < -0.39 is 12.0 Å². The summed E-state index contributed by atoms with van der Waals surface area (Å²) in [7, 11) is 3.50. The molecule has 0 aliphatic rings. The minimum absolute atomic E-state index is 0.00677. The molecule has 0 unspecified atom stereocenters. The molecule has 1 amide bonds. The molecule has 0 bridgehead atoms. The Morgan fingerprint density at radius 1 is 1.20 bits per heavy atom. The number of benzene rings is 1. The number of carbonyl (C=O) groups is 1. The van der Waals surface area contributed by atoms with Crippen LogP contribution in [0.3, 0.4) is 0 Å². The third-order valence-corrected chi connectivity index (χ3v) is 3.56. The normalized spacial score (nSPS) is 11.6. The zero-order chi connectivity index (χ0) is 18.6. The zero-order valence-corrected chi connectivity index (χ0v) is 15.8. The van der Waals surface area contributed by atoms with Crippen LogP contribution in [0.2, 0.25) is 15.3 Å². The lowest BCUT2D eigenvalue weighted by atomic mass is 10.3. The van der Waals surface area contributed by atoms with E-state index in [9.17, 15) is 4.79 Å². The molecule has 0 aliphatic heterocycles. The molecule has 2 aromatic rings. The fourth-order valence-corrected chi connectivity index (χ4v) is 2.24. The Bertz CT molecular complexity index is 774. The first-order valence-corrected chi connectivity index (χ1v) is 8.16. The molecule has 1 atom stereocenters. The summed E-state index contributed by atoms with van der Waals surface area (Å²) in [6, 6.07) is 4.72. The van der Waals surface area contributed by atoms with Crippen LogP contribution >= 0.6 is 34.8 Å². The van der Waals surface area contributed by atoms with E-state index >= 15 is 0 Å². The summed E-state index contributed by atoms with van der Waals surface area (Å²) < 4.78 is 5.51. The number of anilines is 2. The van der Waals surface area contributed by atoms with Crippen LogP contribution in [0.5, 0.6) is 5.75 Å². The van der Waals surface area contributed by atoms with Crippen molar-refractivity contribution in [2.24, 2.45) is 0 Å². The van der Waals surface area contributed by atoms with Crippen LogP contribution in [-0.4, -0.2) is 41.1 Å². The summed E-state index contributed by atoms with van der Waals surface area (Å²) in [5.41, 5.74) is 4.99. The minimum Gasteiger partial charge on any atom is -0.479 e. The SMILES string of the molecule is C[C@@H](Oc1ccc(Cl)cc1Cl)C(=O)NNc1nc(Cl)nc(N(C)C)n1. The Hall–Kier alpha value is -2.03. The third-order valence-electron chi connectivity index (χ3n) is 2.86. The van der Waals surface area contributed by atoms with E-state index in [0.29, 0.717) is 21.7 Å². The average Bonchev–Trinajstić information content (AvgIpc) is 2.54. The quantitative estimate of drug-likeness (QED) is 0.714. The van der Waals surface area contributed by atoms with Gasteiger partial charge in [-0.25, -0.2) is 0 Å². The van der Waals surface area contributed by atoms with E-state index in [1.807, 2.05) is 0 Å². The van der Waals surface area contributed by atoms with Gasteiger partial charge in [0.2, 0.25) is 17.2 Å². The summed E-state index contributed by atoms with van der Waals surface area (Å²) in [4.78, 5) is 25.7. The van der Waals surface area contributed by atoms with Gasteiger partial charge < -0.3 is 9.64 Å². The molecule has 0 saturated heterocycles. The molecule has 0 radical (unpaired) electrons. The molecule has 8 nitrogen and oxygen atoms in total. The molecule has 11 heteroatoms. The predicted octanol–water partition coefficient (Wildman–Crippen LogP) is 2.81. The second-order valence-corrected chi connectivity index (χ2v) is 6.25. The van der Waals surface area contributed by atoms with Crippen LogP contribution in [0, 0.1) is 0 Å². The summed E-state index contributed by atoms with van der Waals surface area (Å²) >= 11 is 17.6. The van der Waals surface area contributed by atoms with Crippen molar-refractivity contribution in [3.05, 3.63) is 33.5 Å². The van der Waals surface area contributed by atoms with E-state index in [1.54, 1.807) is 38.1 Å². The Morgan fingerprint density at radius 3 is 2.56 bits per heavy atom. The topological polar surface area (TPSA) is 92.3 Å². The number of hydrogen-bond acceptors (Lipinski definition) is 7. The van der Waals surface area contributed by atoms with Crippen molar-refractivity contribution < 1.29 is 9.53 Å². The lowest BCUT2D eigenvalue weighted by molar-refractivity contribution is -0.126. The third kappa shape index (κ3) is 5.48. The number of rotatable bonds is 6. The highest BCUT2D eigenvalue weighted by molar-refractivity contribution is 6.35. The molecule has 25 heavy (non-hydrogen) atoms. The molecule has 0 saturated carbocycles. The number of nitrogens with zero attached hydrogens (tertiary/aromatic N) is 4. The summed E-state index contributed by atoms with van der Waals surface area (Å²) in [5, 5.41) is 0.771. The molecule has 1 aromatic heterocycles. The Morgan fingerprint density at radius 2 is 1.92 bits per heavy atom. The molecule has 2 N–H and O–H groups in total. The van der Waals surface area contributed by atoms with Gasteiger partial charge >= 0.3 is 0 Å². The highest BCUT2D eigenvalue weighted by Crippen LogP contribution is 2.28. The van der Waals surface area contributed by atoms with Crippen LogP contribution < -0.4 is 20.5 Å². The van der Waals surface area contributed by atoms with Gasteiger partial charge in [-0.05, 0) is 36.7 Å². The van der Waals surface area contributed by atoms with E-state index in [1.165, 1.54) is 6.07 Å². The zero-order valence-electron chi connectivity index (χ0n) is 13.5. The summed E-state index contributed by atoms with van der Waals surface area (Å²) in [6.07, 6.45) is -0.836. The van der Waals surface area contributed by atoms with Gasteiger partial charge in [0, 0.05) is 19.1 Å². The molecule has 0 aliphatic carbocycles. The number of halogens is 3. The smallest absolute Gasteiger partial charge is 0.279 e. The number of hydrogen-bond donors (Lipinski definition) is 2. The lowest BCUT2D eigenvalue weighted by Gasteiger charge is -2.16. The number of amides is 1. The van der Waals surface area contributed by atoms with Gasteiger partial charge in [0.25, 0.3) is 5.91 Å². The largest absolute Gasteiger partial charge is 0.479 e. The maximum atomic E-state index is 12.1. The second kappa shape index (κ2) is 8.37. The van der Waals surface area contributed by atoms with Crippen molar-refractivity contribution in [3.8, 4) is 5.75 Å². The number of aromatic nitrogens is 3. The lowest BCUT2D eigenvalue weighted by Crippen LogP contribution is -2.40. The van der Waals surface area contributed by atoms with Crippen LogP contribution in [0.25, 0.3) is 0 Å². The molecular weight excluding hydrogens is 391 g/mol. The number of carbonyl (C=O) groups excluding carboxylic acids is 1. The van der Waals surface area contributed by atoms with E-state index in [-0.39, 0.29) is 11.2 Å². The Kier molecular flexibility index (Phi) is 6.46. The first-order valence-electron chi connectivity index (χ1n) is 7.02. The van der Waals surface area contributed by atoms with E-state index in [0.717, 1.165) is 0 Å². The summed E-state index contributed by atoms with van der Waals surface area (Å²) in [6.45, 7) is 1.56. The predicted molar refractivity (Wildman–Crippen MR) is 97.5 cm³/mol. The Labute approximate surface area is 159 Å². The highest BCUT2D eigenvalue weighted by Gasteiger charge is 2.17. The van der Waals surface area contributed by atoms with Crippen molar-refractivity contribution in [3.63, 3.8) is 0 Å². The number of hydrazine groups is 1. The molecular formula is C14H15Cl3N6O2. The molecule has 1 heterocycles. The number of nitrogens with one attached hydrogen (secondary N) is 2. The molecule has 0 fully saturated rings. The van der Waals surface area contributed by atoms with Crippen LogP contribution in [0.1, 0.15) is 6.92 Å². The van der Waals surface area contributed by atoms with Gasteiger partial charge in [-0.2, -0.15) is 15.0 Å². The van der Waals surface area contributed by atoms with Gasteiger partial charge in [0.15, 0.2) is 6.10 Å². The molecule has 1 aromatic carbocycles. The maximum Gasteiger partial charge on any atom is 0.279 e. The van der Waals surface area contributed by atoms with Crippen molar-refractivity contribution in [2.75, 3.05) is 24.4 Å². The molecule has 2 rings (SSSR count). The monoisotopic (exact) mass is 404 g/mol. The molecule has 134 valence electrons. The molecule has 0 spiro atoms. The van der Waals surface area contributed by atoms with Crippen molar-refractivity contribution in [1.82, 2.24) is 20.4 Å². The minimum atomic E-state index is -0.836. The van der Waals surface area contributed by atoms with Crippen LogP contribution in [0.15, 0.2) is 18.2 Å². The fourth-order valence-electron chi connectivity index (χ4n) is 1.63. The highest BCUT2D eigenvalue weighted by atomic mass is 35.5. The fraction of sp³-hybridized carbons (Fsp3) is 0.286. The van der Waals surface area contributed by atoms with Gasteiger partial charge in [-0.1, -0.05) is 23.2 Å². The van der Waals surface area contributed by atoms with Crippen LogP contribution in [0.4, 0.5) is 11.9 Å². The first-order chi connectivity index (χ1) is 11.8. The Balaban J connectivity index is 1.97. The van der Waals surface area contributed by atoms with Crippen molar-refractivity contribution in [1.29, 1.82) is 0 Å². The van der Waals surface area contributed by atoms with Gasteiger partial charge in [-0.3, -0.25) is 15.6 Å². The van der Waals surface area contributed by atoms with Crippen molar-refractivity contribution in [2.45, 2.75) is 13.0 Å². The van der Waals surface area contributed by atoms with Crippen LogP contribution in [-0.2, 0) is 4.79 Å². The van der Waals surface area contributed by atoms with Gasteiger partial charge in [0.1, 0.15) is 5.75 Å². The summed E-state index contributed by atoms with van der Waals surface area (Å²) in [5.74, 6) is 0.309. The van der Waals surface area contributed by atoms with E-state index in [2.05, 4.69) is 25.8 Å². The van der Waals surface area contributed by atoms with Crippen molar-refractivity contribution >= 4 is 52.6 Å². The van der Waals surface area contributed by atoms with Gasteiger partial charge in [0.05, 0.1) is 5.02 Å². The standard InChI is InChI=1S/C14H15Cl3N6O2/c1-7(25-10-5-4-8(15)6-9(10)16)11(24)21-22-13-18-12(17)19-14(20-13)23(2)3/h4-7H,1-3H3,(H,21,24)(H,18,19,20,22)/t7-/m1/s1. The number of ether oxygens (including phenoxy) is 1. The first kappa shape index (κ1) is 19.3. The van der Waals surface area contributed by atoms with E-state index in [4.69, 9.17) is 39.5 Å². The average molecular weight is 406 g/mol. The van der Waals surface area contributed by atoms with Gasteiger partial charge in [-0.15, -0.1) is 0 Å².